The third-order valence-electron chi connectivity index (χ3n) is 3.45. The molecule has 0 spiro atoms. The van der Waals surface area contributed by atoms with Crippen LogP contribution in [0.2, 0.25) is 5.02 Å². The Morgan fingerprint density at radius 3 is 3.00 bits per heavy atom. The largest absolute Gasteiger partial charge is 0.303 e. The molecule has 0 bridgehead atoms. The molecule has 7 heteroatoms. The second-order valence-corrected chi connectivity index (χ2v) is 5.48. The lowest BCUT2D eigenvalue weighted by Gasteiger charge is -2.15. The summed E-state index contributed by atoms with van der Waals surface area (Å²) >= 11 is 5.75. The fourth-order valence-corrected chi connectivity index (χ4v) is 2.30. The molecule has 5 nitrogen and oxygen atoms in total. The van der Waals surface area contributed by atoms with E-state index in [0.29, 0.717) is 23.2 Å². The van der Waals surface area contributed by atoms with Crippen LogP contribution in [-0.2, 0) is 6.54 Å². The van der Waals surface area contributed by atoms with Crippen molar-refractivity contribution in [1.29, 1.82) is 0 Å². The average Bonchev–Trinajstić information content (AvgIpc) is 3.15. The molecule has 1 fully saturated rings. The van der Waals surface area contributed by atoms with Gasteiger partial charge < -0.3 is 5.32 Å². The molecule has 2 aromatic rings. The summed E-state index contributed by atoms with van der Waals surface area (Å²) in [6.45, 7) is 2.41. The summed E-state index contributed by atoms with van der Waals surface area (Å²) in [4.78, 5) is 0. The lowest BCUT2D eigenvalue weighted by Crippen LogP contribution is -2.21. The van der Waals surface area contributed by atoms with Gasteiger partial charge in [-0.05, 0) is 42.3 Å². The molecule has 1 unspecified atom stereocenters. The van der Waals surface area contributed by atoms with E-state index in [1.54, 1.807) is 12.1 Å². The molecule has 20 heavy (non-hydrogen) atoms. The minimum Gasteiger partial charge on any atom is -0.303 e. The monoisotopic (exact) mass is 295 g/mol. The number of halogens is 2. The highest BCUT2D eigenvalue weighted by molar-refractivity contribution is 6.30. The first kappa shape index (κ1) is 13.5. The van der Waals surface area contributed by atoms with E-state index in [1.807, 2.05) is 11.6 Å². The van der Waals surface area contributed by atoms with Gasteiger partial charge in [-0.25, -0.2) is 9.07 Å². The van der Waals surface area contributed by atoms with Gasteiger partial charge in [-0.15, -0.1) is 5.10 Å². The van der Waals surface area contributed by atoms with Gasteiger partial charge in [-0.3, -0.25) is 0 Å². The maximum absolute atomic E-state index is 13.8. The van der Waals surface area contributed by atoms with Crippen LogP contribution in [0.15, 0.2) is 18.2 Å². The molecular weight excluding hydrogens is 281 g/mol. The van der Waals surface area contributed by atoms with Crippen LogP contribution in [0.25, 0.3) is 0 Å². The number of tetrazole rings is 1. The van der Waals surface area contributed by atoms with E-state index in [9.17, 15) is 4.39 Å². The first-order valence-electron chi connectivity index (χ1n) is 6.60. The summed E-state index contributed by atoms with van der Waals surface area (Å²) in [6, 6.07) is 5.00. The Hall–Kier alpha value is -1.53. The number of nitrogens with zero attached hydrogens (tertiary/aromatic N) is 4. The molecule has 3 rings (SSSR count). The van der Waals surface area contributed by atoms with Crippen LogP contribution in [0.3, 0.4) is 0 Å². The van der Waals surface area contributed by atoms with Gasteiger partial charge in [0, 0.05) is 16.6 Å². The standard InChI is InChI=1S/C13H15ClFN5/c1-8(11-5-2-9(14)6-12(11)15)16-7-13-17-18-19-20(13)10-3-4-10/h2,5-6,8,10,16H,3-4,7H2,1H3. The SMILES string of the molecule is CC(NCc1nnnn1C1CC1)c1ccc(Cl)cc1F. The van der Waals surface area contributed by atoms with Gasteiger partial charge in [0.05, 0.1) is 12.6 Å². The molecule has 0 saturated heterocycles. The van der Waals surface area contributed by atoms with Crippen LogP contribution in [0.5, 0.6) is 0 Å². The van der Waals surface area contributed by atoms with E-state index in [0.717, 1.165) is 18.7 Å². The highest BCUT2D eigenvalue weighted by Crippen LogP contribution is 2.34. The van der Waals surface area contributed by atoms with Gasteiger partial charge in [0.2, 0.25) is 0 Å². The molecule has 1 aliphatic carbocycles. The predicted octanol–water partition coefficient (Wildman–Crippen LogP) is 2.65. The van der Waals surface area contributed by atoms with Crippen molar-refractivity contribution in [2.75, 3.05) is 0 Å². The summed E-state index contributed by atoms with van der Waals surface area (Å²) in [5.41, 5.74) is 0.583. The third kappa shape index (κ3) is 2.81. The molecule has 0 amide bonds. The Labute approximate surface area is 121 Å². The van der Waals surface area contributed by atoms with E-state index in [-0.39, 0.29) is 11.9 Å². The van der Waals surface area contributed by atoms with Crippen LogP contribution >= 0.6 is 11.6 Å². The Bertz CT molecular complexity index is 611. The van der Waals surface area contributed by atoms with E-state index >= 15 is 0 Å². The van der Waals surface area contributed by atoms with Crippen molar-refractivity contribution >= 4 is 11.6 Å². The van der Waals surface area contributed by atoms with Crippen LogP contribution in [0.1, 0.15) is 43.2 Å². The zero-order valence-electron chi connectivity index (χ0n) is 11.1. The van der Waals surface area contributed by atoms with Gasteiger partial charge in [-0.1, -0.05) is 17.7 Å². The number of hydrogen-bond acceptors (Lipinski definition) is 4. The minimum atomic E-state index is -0.306. The van der Waals surface area contributed by atoms with Crippen LogP contribution in [-0.4, -0.2) is 20.2 Å². The molecule has 0 radical (unpaired) electrons. The summed E-state index contributed by atoms with van der Waals surface area (Å²) in [7, 11) is 0. The van der Waals surface area contributed by atoms with Crippen molar-refractivity contribution in [1.82, 2.24) is 25.5 Å². The van der Waals surface area contributed by atoms with Crippen molar-refractivity contribution in [2.24, 2.45) is 0 Å². The lowest BCUT2D eigenvalue weighted by molar-refractivity contribution is 0.497. The maximum Gasteiger partial charge on any atom is 0.165 e. The zero-order chi connectivity index (χ0) is 14.1. The van der Waals surface area contributed by atoms with Crippen LogP contribution in [0.4, 0.5) is 4.39 Å². The predicted molar refractivity (Wildman–Crippen MR) is 72.8 cm³/mol. The number of hydrogen-bond donors (Lipinski definition) is 1. The van der Waals surface area contributed by atoms with Gasteiger partial charge in [0.15, 0.2) is 5.82 Å². The fraction of sp³-hybridized carbons (Fsp3) is 0.462. The van der Waals surface area contributed by atoms with Crippen molar-refractivity contribution in [3.05, 3.63) is 40.4 Å². The molecule has 1 saturated carbocycles. The number of benzene rings is 1. The number of aromatic nitrogens is 4. The normalized spacial score (nSPS) is 16.4. The van der Waals surface area contributed by atoms with E-state index in [1.165, 1.54) is 6.07 Å². The highest BCUT2D eigenvalue weighted by atomic mass is 35.5. The number of nitrogens with one attached hydrogen (secondary N) is 1. The smallest absolute Gasteiger partial charge is 0.165 e. The van der Waals surface area contributed by atoms with Gasteiger partial charge in [0.25, 0.3) is 0 Å². The average molecular weight is 296 g/mol. The molecule has 1 aromatic heterocycles. The molecule has 106 valence electrons. The van der Waals surface area contributed by atoms with Crippen molar-refractivity contribution in [3.63, 3.8) is 0 Å². The second kappa shape index (κ2) is 5.46. The molecule has 1 aliphatic rings. The van der Waals surface area contributed by atoms with Gasteiger partial charge in [0.1, 0.15) is 5.82 Å². The van der Waals surface area contributed by atoms with E-state index < -0.39 is 0 Å². The van der Waals surface area contributed by atoms with Crippen LogP contribution < -0.4 is 5.32 Å². The second-order valence-electron chi connectivity index (χ2n) is 5.04. The first-order valence-corrected chi connectivity index (χ1v) is 6.98. The molecule has 1 heterocycles. The van der Waals surface area contributed by atoms with Crippen LogP contribution in [0, 0.1) is 5.82 Å². The summed E-state index contributed by atoms with van der Waals surface area (Å²) < 4.78 is 15.7. The fourth-order valence-electron chi connectivity index (χ4n) is 2.14. The zero-order valence-corrected chi connectivity index (χ0v) is 11.8. The van der Waals surface area contributed by atoms with E-state index in [2.05, 4.69) is 20.8 Å². The maximum atomic E-state index is 13.8. The number of rotatable bonds is 5. The van der Waals surface area contributed by atoms with Gasteiger partial charge >= 0.3 is 0 Å². The Balaban J connectivity index is 1.66. The van der Waals surface area contributed by atoms with E-state index in [4.69, 9.17) is 11.6 Å². The topological polar surface area (TPSA) is 55.6 Å². The Morgan fingerprint density at radius 2 is 2.30 bits per heavy atom. The summed E-state index contributed by atoms with van der Waals surface area (Å²) in [5.74, 6) is 0.480. The molecule has 1 aromatic carbocycles. The Kier molecular flexibility index (Phi) is 3.67. The minimum absolute atomic E-state index is 0.142. The van der Waals surface area contributed by atoms with Crippen molar-refractivity contribution in [2.45, 2.75) is 38.4 Å². The summed E-state index contributed by atoms with van der Waals surface area (Å²) in [5, 5.41) is 15.3. The quantitative estimate of drug-likeness (QED) is 0.921. The first-order chi connectivity index (χ1) is 9.65. The molecular formula is C13H15ClFN5. The molecule has 0 aliphatic heterocycles. The van der Waals surface area contributed by atoms with Gasteiger partial charge in [-0.2, -0.15) is 0 Å². The Morgan fingerprint density at radius 1 is 1.50 bits per heavy atom. The molecule has 1 atom stereocenters. The summed E-state index contributed by atoms with van der Waals surface area (Å²) in [6.07, 6.45) is 2.25. The third-order valence-corrected chi connectivity index (χ3v) is 3.68. The highest BCUT2D eigenvalue weighted by Gasteiger charge is 2.27. The molecule has 1 N–H and O–H groups in total. The van der Waals surface area contributed by atoms with Crippen molar-refractivity contribution < 1.29 is 4.39 Å². The lowest BCUT2D eigenvalue weighted by atomic mass is 10.1. The van der Waals surface area contributed by atoms with Crippen molar-refractivity contribution in [3.8, 4) is 0 Å².